The molecule has 0 aliphatic carbocycles. The smallest absolute Gasteiger partial charge is 0.230 e. The van der Waals surface area contributed by atoms with Crippen molar-refractivity contribution in [2.45, 2.75) is 26.8 Å². The fourth-order valence-corrected chi connectivity index (χ4v) is 2.79. The van der Waals surface area contributed by atoms with E-state index >= 15 is 0 Å². The molecule has 2 aromatic rings. The summed E-state index contributed by atoms with van der Waals surface area (Å²) in [6.45, 7) is 5.41. The molecule has 0 radical (unpaired) electrons. The van der Waals surface area contributed by atoms with Gasteiger partial charge >= 0.3 is 0 Å². The number of carbonyl (C=O) groups is 1. The summed E-state index contributed by atoms with van der Waals surface area (Å²) in [7, 11) is 0. The number of rotatable bonds is 3. The third kappa shape index (κ3) is 3.16. The number of aromatic nitrogens is 2. The van der Waals surface area contributed by atoms with Gasteiger partial charge in [0.1, 0.15) is 5.82 Å². The first-order valence-electron chi connectivity index (χ1n) is 7.72. The van der Waals surface area contributed by atoms with Crippen LogP contribution < -0.4 is 4.90 Å². The van der Waals surface area contributed by atoms with E-state index in [0.717, 1.165) is 16.9 Å². The average molecular weight is 314 g/mol. The quantitative estimate of drug-likeness (QED) is 0.874. The van der Waals surface area contributed by atoms with Gasteiger partial charge in [0.15, 0.2) is 0 Å². The number of hydrogen-bond donors (Lipinski definition) is 0. The molecule has 0 N–H and O–H groups in total. The summed E-state index contributed by atoms with van der Waals surface area (Å²) < 4.78 is 13.5. The second kappa shape index (κ2) is 6.32. The molecule has 1 aromatic heterocycles. The Morgan fingerprint density at radius 1 is 1.43 bits per heavy atom. The molecule has 0 bridgehead atoms. The minimum absolute atomic E-state index is 0.0645. The first-order valence-corrected chi connectivity index (χ1v) is 7.72. The Balaban J connectivity index is 1.90. The van der Waals surface area contributed by atoms with Crippen LogP contribution in [0, 0.1) is 5.82 Å². The average Bonchev–Trinajstić information content (AvgIpc) is 2.55. The molecule has 6 heteroatoms. The van der Waals surface area contributed by atoms with E-state index in [9.17, 15) is 9.18 Å². The Morgan fingerprint density at radius 3 is 2.96 bits per heavy atom. The maximum Gasteiger partial charge on any atom is 0.230 e. The normalized spacial score (nSPS) is 13.6. The van der Waals surface area contributed by atoms with Crippen LogP contribution in [0.25, 0.3) is 0 Å². The number of nitrogens with zero attached hydrogens (tertiary/aromatic N) is 4. The monoisotopic (exact) mass is 314 g/mol. The van der Waals surface area contributed by atoms with Crippen LogP contribution in [0.5, 0.6) is 0 Å². The molecule has 0 unspecified atom stereocenters. The van der Waals surface area contributed by atoms with Gasteiger partial charge in [0.25, 0.3) is 0 Å². The van der Waals surface area contributed by atoms with Crippen molar-refractivity contribution in [3.63, 3.8) is 0 Å². The van der Waals surface area contributed by atoms with Crippen LogP contribution in [0.2, 0.25) is 0 Å². The maximum atomic E-state index is 13.5. The Kier molecular flexibility index (Phi) is 4.23. The molecule has 23 heavy (non-hydrogen) atoms. The standard InChI is InChI=1S/C17H19FN4O/c1-3-22(15-6-4-5-14(18)9-15)17-19-10-13-11-21(12(2)23)8-7-16(13)20-17/h4-6,9-10H,3,7-8,11H2,1-2H3. The number of halogens is 1. The summed E-state index contributed by atoms with van der Waals surface area (Å²) >= 11 is 0. The van der Waals surface area contributed by atoms with Gasteiger partial charge < -0.3 is 9.80 Å². The number of amides is 1. The zero-order valence-electron chi connectivity index (χ0n) is 13.3. The van der Waals surface area contributed by atoms with Crippen LogP contribution in [0.3, 0.4) is 0 Å². The van der Waals surface area contributed by atoms with E-state index < -0.39 is 0 Å². The largest absolute Gasteiger partial charge is 0.338 e. The molecule has 1 aliphatic rings. The number of benzene rings is 1. The van der Waals surface area contributed by atoms with Crippen molar-refractivity contribution in [1.29, 1.82) is 0 Å². The van der Waals surface area contributed by atoms with Gasteiger partial charge in [-0.1, -0.05) is 6.07 Å². The first-order chi connectivity index (χ1) is 11.1. The van der Waals surface area contributed by atoms with E-state index in [-0.39, 0.29) is 11.7 Å². The molecule has 1 amide bonds. The van der Waals surface area contributed by atoms with E-state index in [4.69, 9.17) is 0 Å². The van der Waals surface area contributed by atoms with Gasteiger partial charge in [-0.25, -0.2) is 14.4 Å². The van der Waals surface area contributed by atoms with Gasteiger partial charge in [-0.15, -0.1) is 0 Å². The van der Waals surface area contributed by atoms with E-state index in [1.54, 1.807) is 24.1 Å². The van der Waals surface area contributed by atoms with Gasteiger partial charge in [-0.3, -0.25) is 4.79 Å². The van der Waals surface area contributed by atoms with Crippen molar-refractivity contribution in [2.75, 3.05) is 18.0 Å². The second-order valence-corrected chi connectivity index (χ2v) is 5.56. The Labute approximate surface area is 134 Å². The van der Waals surface area contributed by atoms with Crippen LogP contribution in [0.1, 0.15) is 25.1 Å². The fraction of sp³-hybridized carbons (Fsp3) is 0.353. The second-order valence-electron chi connectivity index (χ2n) is 5.56. The lowest BCUT2D eigenvalue weighted by Gasteiger charge is -2.28. The Bertz CT molecular complexity index is 734. The molecule has 0 atom stereocenters. The van der Waals surface area contributed by atoms with Gasteiger partial charge in [-0.2, -0.15) is 0 Å². The SMILES string of the molecule is CCN(c1cccc(F)c1)c1ncc2c(n1)CCN(C(C)=O)C2. The summed E-state index contributed by atoms with van der Waals surface area (Å²) in [6.07, 6.45) is 2.49. The molecule has 0 spiro atoms. The highest BCUT2D eigenvalue weighted by atomic mass is 19.1. The van der Waals surface area contributed by atoms with E-state index in [1.165, 1.54) is 12.1 Å². The Morgan fingerprint density at radius 2 is 2.26 bits per heavy atom. The zero-order chi connectivity index (χ0) is 16.4. The van der Waals surface area contributed by atoms with Crippen molar-refractivity contribution >= 4 is 17.5 Å². The lowest BCUT2D eigenvalue weighted by atomic mass is 10.1. The highest BCUT2D eigenvalue weighted by molar-refractivity contribution is 5.73. The third-order valence-corrected chi connectivity index (χ3v) is 4.04. The molecule has 5 nitrogen and oxygen atoms in total. The molecular weight excluding hydrogens is 295 g/mol. The molecular formula is C17H19FN4O. The van der Waals surface area contributed by atoms with E-state index in [2.05, 4.69) is 9.97 Å². The number of anilines is 2. The molecule has 1 aliphatic heterocycles. The maximum absolute atomic E-state index is 13.5. The molecule has 0 saturated heterocycles. The highest BCUT2D eigenvalue weighted by Crippen LogP contribution is 2.25. The number of fused-ring (bicyclic) bond motifs is 1. The van der Waals surface area contributed by atoms with E-state index in [0.29, 0.717) is 32.0 Å². The first kappa shape index (κ1) is 15.4. The van der Waals surface area contributed by atoms with Crippen LogP contribution >= 0.6 is 0 Å². The van der Waals surface area contributed by atoms with Crippen molar-refractivity contribution < 1.29 is 9.18 Å². The zero-order valence-corrected chi connectivity index (χ0v) is 13.3. The summed E-state index contributed by atoms with van der Waals surface area (Å²) in [6, 6.07) is 6.41. The van der Waals surface area contributed by atoms with Gasteiger partial charge in [0.05, 0.1) is 5.69 Å². The van der Waals surface area contributed by atoms with E-state index in [1.807, 2.05) is 17.9 Å². The van der Waals surface area contributed by atoms with Gasteiger partial charge in [-0.05, 0) is 25.1 Å². The van der Waals surface area contributed by atoms with Gasteiger partial charge in [0.2, 0.25) is 11.9 Å². The predicted octanol–water partition coefficient (Wildman–Crippen LogP) is 2.68. The number of carbonyl (C=O) groups excluding carboxylic acids is 1. The summed E-state index contributed by atoms with van der Waals surface area (Å²) in [5.41, 5.74) is 2.67. The van der Waals surface area contributed by atoms with Crippen LogP contribution in [0.15, 0.2) is 30.5 Å². The van der Waals surface area contributed by atoms with Crippen molar-refractivity contribution in [1.82, 2.24) is 14.9 Å². The lowest BCUT2D eigenvalue weighted by molar-refractivity contribution is -0.129. The van der Waals surface area contributed by atoms with Gasteiger partial charge in [0, 0.05) is 50.4 Å². The number of hydrogen-bond acceptors (Lipinski definition) is 4. The topological polar surface area (TPSA) is 49.3 Å². The molecule has 3 rings (SSSR count). The van der Waals surface area contributed by atoms with Crippen molar-refractivity contribution in [2.24, 2.45) is 0 Å². The van der Waals surface area contributed by atoms with Crippen LogP contribution in [-0.2, 0) is 17.8 Å². The summed E-state index contributed by atoms with van der Waals surface area (Å²) in [5, 5.41) is 0. The van der Waals surface area contributed by atoms with Crippen molar-refractivity contribution in [3.05, 3.63) is 47.5 Å². The van der Waals surface area contributed by atoms with Crippen LogP contribution in [-0.4, -0.2) is 33.9 Å². The lowest BCUT2D eigenvalue weighted by Crippen LogP contribution is -2.35. The highest BCUT2D eigenvalue weighted by Gasteiger charge is 2.21. The third-order valence-electron chi connectivity index (χ3n) is 4.04. The molecule has 0 saturated carbocycles. The predicted molar refractivity (Wildman–Crippen MR) is 85.9 cm³/mol. The van der Waals surface area contributed by atoms with Crippen LogP contribution in [0.4, 0.5) is 16.0 Å². The minimum atomic E-state index is -0.281. The minimum Gasteiger partial charge on any atom is -0.338 e. The fourth-order valence-electron chi connectivity index (χ4n) is 2.79. The molecule has 0 fully saturated rings. The van der Waals surface area contributed by atoms with Crippen molar-refractivity contribution in [3.8, 4) is 0 Å². The molecule has 120 valence electrons. The Hall–Kier alpha value is -2.50. The molecule has 1 aromatic carbocycles. The summed E-state index contributed by atoms with van der Waals surface area (Å²) in [4.78, 5) is 24.2. The summed E-state index contributed by atoms with van der Waals surface area (Å²) in [5.74, 6) is 0.346. The molecule has 2 heterocycles.